The van der Waals surface area contributed by atoms with E-state index in [1.807, 2.05) is 0 Å². The largest absolute Gasteiger partial charge is 0.416 e. The molecular formula is C16H14F4N2O4S. The molecule has 0 unspecified atom stereocenters. The van der Waals surface area contributed by atoms with Crippen molar-refractivity contribution in [1.82, 2.24) is 10.3 Å². The molecule has 0 fully saturated rings. The van der Waals surface area contributed by atoms with Crippen LogP contribution in [0, 0.1) is 5.82 Å². The lowest BCUT2D eigenvalue weighted by atomic mass is 10.2. The van der Waals surface area contributed by atoms with Crippen molar-refractivity contribution in [3.8, 4) is 0 Å². The van der Waals surface area contributed by atoms with E-state index in [0.717, 1.165) is 12.3 Å². The Kier molecular flexibility index (Phi) is 5.85. The number of benzene rings is 1. The summed E-state index contributed by atoms with van der Waals surface area (Å²) in [5.41, 5.74) is -1.92. The van der Waals surface area contributed by atoms with Gasteiger partial charge >= 0.3 is 6.18 Å². The molecule has 1 amide bonds. The van der Waals surface area contributed by atoms with Gasteiger partial charge in [0, 0.05) is 12.7 Å². The minimum Gasteiger partial charge on any atom is -0.392 e. The summed E-state index contributed by atoms with van der Waals surface area (Å²) in [6, 6.07) is 3.14. The molecule has 2 aromatic rings. The third kappa shape index (κ3) is 4.61. The molecule has 0 bridgehead atoms. The monoisotopic (exact) mass is 406 g/mol. The number of alkyl halides is 3. The van der Waals surface area contributed by atoms with Crippen molar-refractivity contribution in [1.29, 1.82) is 0 Å². The summed E-state index contributed by atoms with van der Waals surface area (Å²) in [6.45, 7) is 1.19. The fraction of sp³-hybridized carbons (Fsp3) is 0.250. The molecule has 0 aliphatic carbocycles. The Morgan fingerprint density at radius 1 is 1.26 bits per heavy atom. The summed E-state index contributed by atoms with van der Waals surface area (Å²) >= 11 is 0. The normalized spacial score (nSPS) is 13.3. The highest BCUT2D eigenvalue weighted by molar-refractivity contribution is 7.91. The highest BCUT2D eigenvalue weighted by Gasteiger charge is 2.34. The summed E-state index contributed by atoms with van der Waals surface area (Å²) in [7, 11) is -4.67. The van der Waals surface area contributed by atoms with Crippen molar-refractivity contribution in [3.63, 3.8) is 0 Å². The molecule has 2 N–H and O–H groups in total. The smallest absolute Gasteiger partial charge is 0.392 e. The third-order valence-electron chi connectivity index (χ3n) is 3.38. The SMILES string of the molecule is C[C@H](O)CNC(=O)c1ncccc1S(=O)(=O)c1ccc(C(F)(F)F)cc1F. The maximum Gasteiger partial charge on any atom is 0.416 e. The summed E-state index contributed by atoms with van der Waals surface area (Å²) in [5, 5.41) is 11.4. The number of hydrogen-bond donors (Lipinski definition) is 2. The number of pyridine rings is 1. The molecule has 146 valence electrons. The van der Waals surface area contributed by atoms with Crippen LogP contribution in [-0.2, 0) is 16.0 Å². The van der Waals surface area contributed by atoms with Crippen LogP contribution in [0.4, 0.5) is 17.6 Å². The molecule has 0 spiro atoms. The topological polar surface area (TPSA) is 96.4 Å². The number of rotatable bonds is 5. The lowest BCUT2D eigenvalue weighted by Crippen LogP contribution is -2.32. The van der Waals surface area contributed by atoms with Crippen molar-refractivity contribution in [3.05, 3.63) is 53.6 Å². The van der Waals surface area contributed by atoms with Gasteiger partial charge in [0.2, 0.25) is 9.84 Å². The van der Waals surface area contributed by atoms with Gasteiger partial charge in [-0.25, -0.2) is 17.8 Å². The summed E-state index contributed by atoms with van der Waals surface area (Å²) in [4.78, 5) is 14.1. The quantitative estimate of drug-likeness (QED) is 0.742. The highest BCUT2D eigenvalue weighted by Crippen LogP contribution is 2.33. The van der Waals surface area contributed by atoms with Gasteiger partial charge in [-0.3, -0.25) is 4.79 Å². The van der Waals surface area contributed by atoms with Gasteiger partial charge in [-0.05, 0) is 37.3 Å². The van der Waals surface area contributed by atoms with Crippen molar-refractivity contribution < 1.29 is 35.9 Å². The first-order valence-electron chi connectivity index (χ1n) is 7.47. The number of nitrogens with zero attached hydrogens (tertiary/aromatic N) is 1. The highest BCUT2D eigenvalue weighted by atomic mass is 32.2. The number of nitrogens with one attached hydrogen (secondary N) is 1. The number of carbonyl (C=O) groups is 1. The molecule has 0 aliphatic heterocycles. The van der Waals surface area contributed by atoms with E-state index in [1.54, 1.807) is 0 Å². The second-order valence-corrected chi connectivity index (χ2v) is 7.44. The minimum atomic E-state index is -4.84. The van der Waals surface area contributed by atoms with Gasteiger partial charge in [0.1, 0.15) is 21.3 Å². The number of aromatic nitrogens is 1. The fourth-order valence-electron chi connectivity index (χ4n) is 2.12. The van der Waals surface area contributed by atoms with Crippen molar-refractivity contribution in [2.24, 2.45) is 0 Å². The maximum absolute atomic E-state index is 14.1. The van der Waals surface area contributed by atoms with Crippen molar-refractivity contribution >= 4 is 15.7 Å². The van der Waals surface area contributed by atoms with E-state index in [-0.39, 0.29) is 12.6 Å². The van der Waals surface area contributed by atoms with Crippen molar-refractivity contribution in [2.75, 3.05) is 6.54 Å². The van der Waals surface area contributed by atoms with Gasteiger partial charge in [0.05, 0.1) is 11.7 Å². The lowest BCUT2D eigenvalue weighted by Gasteiger charge is -2.12. The molecule has 11 heteroatoms. The van der Waals surface area contributed by atoms with Crippen LogP contribution in [0.25, 0.3) is 0 Å². The lowest BCUT2D eigenvalue weighted by molar-refractivity contribution is -0.137. The number of sulfone groups is 1. The van der Waals surface area contributed by atoms with Crippen LogP contribution in [0.5, 0.6) is 0 Å². The van der Waals surface area contributed by atoms with Crippen LogP contribution in [0.1, 0.15) is 23.0 Å². The van der Waals surface area contributed by atoms with Crippen LogP contribution in [0.15, 0.2) is 46.3 Å². The molecule has 1 aromatic heterocycles. The van der Waals surface area contributed by atoms with Gasteiger partial charge in [-0.2, -0.15) is 13.2 Å². The van der Waals surface area contributed by atoms with E-state index in [2.05, 4.69) is 10.3 Å². The molecule has 0 aliphatic rings. The van der Waals surface area contributed by atoms with Crippen LogP contribution in [0.3, 0.4) is 0 Å². The summed E-state index contributed by atoms with van der Waals surface area (Å²) in [6.07, 6.45) is -4.63. The standard InChI is InChI=1S/C16H14F4N2O4S/c1-9(23)8-22-15(24)14-13(3-2-6-21-14)27(25,26)12-5-4-10(7-11(12)17)16(18,19)20/h2-7,9,23H,8H2,1H3,(H,22,24)/t9-/m0/s1. The maximum atomic E-state index is 14.1. The summed E-state index contributed by atoms with van der Waals surface area (Å²) in [5.74, 6) is -2.55. The predicted octanol–water partition coefficient (Wildman–Crippen LogP) is 2.18. The third-order valence-corrected chi connectivity index (χ3v) is 5.20. The molecule has 1 aromatic carbocycles. The molecule has 6 nitrogen and oxygen atoms in total. The second-order valence-electron chi connectivity index (χ2n) is 5.56. The van der Waals surface area contributed by atoms with Crippen LogP contribution < -0.4 is 5.32 Å². The molecular weight excluding hydrogens is 392 g/mol. The Bertz CT molecular complexity index is 959. The number of amides is 1. The zero-order chi connectivity index (χ0) is 20.4. The molecule has 27 heavy (non-hydrogen) atoms. The summed E-state index contributed by atoms with van der Waals surface area (Å²) < 4.78 is 77.4. The number of aliphatic hydroxyl groups excluding tert-OH is 1. The van der Waals surface area contributed by atoms with E-state index in [0.29, 0.717) is 12.1 Å². The van der Waals surface area contributed by atoms with Crippen LogP contribution in [-0.4, -0.2) is 37.1 Å². The zero-order valence-electron chi connectivity index (χ0n) is 13.8. The van der Waals surface area contributed by atoms with E-state index in [1.165, 1.54) is 13.0 Å². The Morgan fingerprint density at radius 3 is 2.48 bits per heavy atom. The van der Waals surface area contributed by atoms with E-state index >= 15 is 0 Å². The molecule has 0 saturated heterocycles. The minimum absolute atomic E-state index is 0.0659. The number of halogens is 4. The van der Waals surface area contributed by atoms with Gasteiger partial charge in [0.15, 0.2) is 0 Å². The van der Waals surface area contributed by atoms with E-state index in [9.17, 15) is 35.9 Å². The average Bonchev–Trinajstić information content (AvgIpc) is 2.58. The Hall–Kier alpha value is -2.53. The molecule has 1 atom stereocenters. The van der Waals surface area contributed by atoms with Gasteiger partial charge < -0.3 is 10.4 Å². The first-order chi connectivity index (χ1) is 12.4. The number of hydrogen-bond acceptors (Lipinski definition) is 5. The average molecular weight is 406 g/mol. The first kappa shape index (κ1) is 20.8. The zero-order valence-corrected chi connectivity index (χ0v) is 14.6. The molecule has 2 rings (SSSR count). The predicted molar refractivity (Wildman–Crippen MR) is 85.1 cm³/mol. The van der Waals surface area contributed by atoms with Crippen LogP contribution in [0.2, 0.25) is 0 Å². The van der Waals surface area contributed by atoms with Gasteiger partial charge in [0.25, 0.3) is 5.91 Å². The van der Waals surface area contributed by atoms with Gasteiger partial charge in [-0.15, -0.1) is 0 Å². The Balaban J connectivity index is 2.51. The van der Waals surface area contributed by atoms with E-state index in [4.69, 9.17) is 0 Å². The van der Waals surface area contributed by atoms with Gasteiger partial charge in [-0.1, -0.05) is 0 Å². The first-order valence-corrected chi connectivity index (χ1v) is 8.96. The molecule has 0 radical (unpaired) electrons. The molecule has 0 saturated carbocycles. The Morgan fingerprint density at radius 2 is 1.93 bits per heavy atom. The van der Waals surface area contributed by atoms with Crippen molar-refractivity contribution in [2.45, 2.75) is 29.0 Å². The fourth-order valence-corrected chi connectivity index (χ4v) is 3.57. The second kappa shape index (κ2) is 7.61. The molecule has 1 heterocycles. The number of aliphatic hydroxyl groups is 1. The number of carbonyl (C=O) groups excluding carboxylic acids is 1. The van der Waals surface area contributed by atoms with Crippen LogP contribution >= 0.6 is 0 Å². The van der Waals surface area contributed by atoms with E-state index < -0.39 is 54.9 Å². The Labute approximate surface area is 151 Å².